The fourth-order valence-electron chi connectivity index (χ4n) is 3.50. The average Bonchev–Trinajstić information content (AvgIpc) is 2.48. The van der Waals surface area contributed by atoms with Gasteiger partial charge in [0.05, 0.1) is 0 Å². The van der Waals surface area contributed by atoms with Crippen molar-refractivity contribution in [1.82, 2.24) is 10.3 Å². The van der Waals surface area contributed by atoms with Crippen LogP contribution in [0.1, 0.15) is 57.9 Å². The number of aromatic nitrogens is 1. The summed E-state index contributed by atoms with van der Waals surface area (Å²) < 4.78 is 0. The molecule has 1 aromatic heterocycles. The quantitative estimate of drug-likeness (QED) is 0.839. The topological polar surface area (TPSA) is 24.9 Å². The first kappa shape index (κ1) is 15.5. The fraction of sp³-hybridized carbons (Fsp3) is 0.722. The van der Waals surface area contributed by atoms with Crippen LogP contribution in [0.15, 0.2) is 24.5 Å². The molecule has 1 saturated carbocycles. The van der Waals surface area contributed by atoms with E-state index >= 15 is 0 Å². The molecular weight excluding hydrogens is 244 g/mol. The predicted octanol–water partition coefficient (Wildman–Crippen LogP) is 4.24. The lowest BCUT2D eigenvalue weighted by Crippen LogP contribution is -2.33. The third kappa shape index (κ3) is 4.31. The minimum atomic E-state index is 0.696. The van der Waals surface area contributed by atoms with Gasteiger partial charge in [-0.25, -0.2) is 0 Å². The van der Waals surface area contributed by atoms with E-state index in [1.807, 2.05) is 6.20 Å². The van der Waals surface area contributed by atoms with E-state index in [1.54, 1.807) is 0 Å². The van der Waals surface area contributed by atoms with Crippen molar-refractivity contribution in [2.45, 2.75) is 52.4 Å². The third-order valence-corrected chi connectivity index (χ3v) is 4.75. The Hall–Kier alpha value is -0.890. The summed E-state index contributed by atoms with van der Waals surface area (Å²) in [5.74, 6) is 3.11. The molecule has 0 spiro atoms. The molecule has 3 unspecified atom stereocenters. The Balaban J connectivity index is 2.00. The summed E-state index contributed by atoms with van der Waals surface area (Å²) >= 11 is 0. The summed E-state index contributed by atoms with van der Waals surface area (Å²) in [6.07, 6.45) is 9.40. The lowest BCUT2D eigenvalue weighted by molar-refractivity contribution is 0.224. The van der Waals surface area contributed by atoms with Crippen LogP contribution >= 0.6 is 0 Å². The molecule has 1 fully saturated rings. The monoisotopic (exact) mass is 274 g/mol. The Kier molecular flexibility index (Phi) is 6.03. The Morgan fingerprint density at radius 3 is 2.85 bits per heavy atom. The molecule has 112 valence electrons. The standard InChI is InChI=1S/C18H30N2/c1-4-15-7-8-17(13-20-11-14(2)3)18(10-15)16-6-5-9-19-12-16/h5-6,9,12,14-15,17-18,20H,4,7-8,10-11,13H2,1-3H3. The second-order valence-electron chi connectivity index (χ2n) is 6.79. The molecule has 1 N–H and O–H groups in total. The summed E-state index contributed by atoms with van der Waals surface area (Å²) in [4.78, 5) is 4.33. The van der Waals surface area contributed by atoms with Gasteiger partial charge in [0, 0.05) is 12.4 Å². The number of pyridine rings is 1. The molecule has 0 aromatic carbocycles. The van der Waals surface area contributed by atoms with Crippen LogP contribution in [-0.4, -0.2) is 18.1 Å². The number of rotatable bonds is 6. The Bertz CT molecular complexity index is 374. The molecular formula is C18H30N2. The molecule has 2 nitrogen and oxygen atoms in total. The van der Waals surface area contributed by atoms with E-state index in [2.05, 4.69) is 49.4 Å². The van der Waals surface area contributed by atoms with Gasteiger partial charge in [-0.2, -0.15) is 0 Å². The largest absolute Gasteiger partial charge is 0.316 e. The molecule has 3 atom stereocenters. The number of hydrogen-bond acceptors (Lipinski definition) is 2. The Morgan fingerprint density at radius 2 is 2.20 bits per heavy atom. The lowest BCUT2D eigenvalue weighted by atomic mass is 9.70. The summed E-state index contributed by atoms with van der Waals surface area (Å²) in [5.41, 5.74) is 1.45. The fourth-order valence-corrected chi connectivity index (χ4v) is 3.50. The molecule has 1 aliphatic rings. The molecule has 2 heteroatoms. The smallest absolute Gasteiger partial charge is 0.0302 e. The highest BCUT2D eigenvalue weighted by Crippen LogP contribution is 2.41. The van der Waals surface area contributed by atoms with E-state index in [1.165, 1.54) is 31.2 Å². The second-order valence-corrected chi connectivity index (χ2v) is 6.79. The second kappa shape index (κ2) is 7.78. The van der Waals surface area contributed by atoms with Crippen molar-refractivity contribution in [3.63, 3.8) is 0 Å². The van der Waals surface area contributed by atoms with E-state index in [4.69, 9.17) is 0 Å². The zero-order valence-electron chi connectivity index (χ0n) is 13.3. The highest BCUT2D eigenvalue weighted by molar-refractivity contribution is 5.17. The van der Waals surface area contributed by atoms with Gasteiger partial charge in [0.1, 0.15) is 0 Å². The number of hydrogen-bond donors (Lipinski definition) is 1. The Morgan fingerprint density at radius 1 is 1.35 bits per heavy atom. The molecule has 1 aromatic rings. The number of nitrogens with one attached hydrogen (secondary N) is 1. The van der Waals surface area contributed by atoms with Crippen molar-refractivity contribution in [2.24, 2.45) is 17.8 Å². The van der Waals surface area contributed by atoms with Gasteiger partial charge in [-0.3, -0.25) is 4.98 Å². The van der Waals surface area contributed by atoms with Crippen LogP contribution in [0, 0.1) is 17.8 Å². The van der Waals surface area contributed by atoms with Gasteiger partial charge >= 0.3 is 0 Å². The normalized spacial score (nSPS) is 26.9. The molecule has 0 bridgehead atoms. The molecule has 2 rings (SSSR count). The van der Waals surface area contributed by atoms with Gasteiger partial charge in [0.15, 0.2) is 0 Å². The van der Waals surface area contributed by atoms with Crippen LogP contribution in [0.3, 0.4) is 0 Å². The molecule has 1 aliphatic carbocycles. The van der Waals surface area contributed by atoms with E-state index in [-0.39, 0.29) is 0 Å². The van der Waals surface area contributed by atoms with Gasteiger partial charge in [-0.05, 0) is 61.2 Å². The summed E-state index contributed by atoms with van der Waals surface area (Å²) in [5, 5.41) is 3.67. The zero-order valence-corrected chi connectivity index (χ0v) is 13.3. The SMILES string of the molecule is CCC1CCC(CNCC(C)C)C(c2cccnc2)C1. The van der Waals surface area contributed by atoms with Gasteiger partial charge in [0.2, 0.25) is 0 Å². The van der Waals surface area contributed by atoms with Gasteiger partial charge < -0.3 is 5.32 Å². The molecule has 0 saturated heterocycles. The maximum Gasteiger partial charge on any atom is 0.0302 e. The van der Waals surface area contributed by atoms with Crippen LogP contribution in [0.2, 0.25) is 0 Å². The van der Waals surface area contributed by atoms with E-state index in [0.29, 0.717) is 5.92 Å². The van der Waals surface area contributed by atoms with Crippen LogP contribution < -0.4 is 5.32 Å². The summed E-state index contributed by atoms with van der Waals surface area (Å²) in [6.45, 7) is 9.18. The maximum atomic E-state index is 4.33. The van der Waals surface area contributed by atoms with Crippen LogP contribution in [0.4, 0.5) is 0 Å². The van der Waals surface area contributed by atoms with Crippen molar-refractivity contribution in [3.05, 3.63) is 30.1 Å². The van der Waals surface area contributed by atoms with E-state index in [9.17, 15) is 0 Å². The number of nitrogens with zero attached hydrogens (tertiary/aromatic N) is 1. The third-order valence-electron chi connectivity index (χ3n) is 4.75. The summed E-state index contributed by atoms with van der Waals surface area (Å²) in [7, 11) is 0. The van der Waals surface area contributed by atoms with Gasteiger partial charge in [-0.15, -0.1) is 0 Å². The average molecular weight is 274 g/mol. The van der Waals surface area contributed by atoms with Crippen molar-refractivity contribution in [1.29, 1.82) is 0 Å². The van der Waals surface area contributed by atoms with Gasteiger partial charge in [0.25, 0.3) is 0 Å². The molecule has 1 heterocycles. The van der Waals surface area contributed by atoms with Crippen LogP contribution in [0.25, 0.3) is 0 Å². The molecule has 0 aliphatic heterocycles. The first-order valence-corrected chi connectivity index (χ1v) is 8.31. The first-order valence-electron chi connectivity index (χ1n) is 8.31. The highest BCUT2D eigenvalue weighted by Gasteiger charge is 2.30. The first-order chi connectivity index (χ1) is 9.70. The highest BCUT2D eigenvalue weighted by atomic mass is 14.9. The molecule has 20 heavy (non-hydrogen) atoms. The van der Waals surface area contributed by atoms with Crippen molar-refractivity contribution in [3.8, 4) is 0 Å². The van der Waals surface area contributed by atoms with Gasteiger partial charge in [-0.1, -0.05) is 39.7 Å². The van der Waals surface area contributed by atoms with Crippen molar-refractivity contribution < 1.29 is 0 Å². The Labute approximate surface area is 124 Å². The van der Waals surface area contributed by atoms with E-state index in [0.717, 1.165) is 30.8 Å². The minimum Gasteiger partial charge on any atom is -0.316 e. The van der Waals surface area contributed by atoms with Crippen molar-refractivity contribution in [2.75, 3.05) is 13.1 Å². The molecule has 0 radical (unpaired) electrons. The van der Waals surface area contributed by atoms with Crippen LogP contribution in [0.5, 0.6) is 0 Å². The predicted molar refractivity (Wildman–Crippen MR) is 85.8 cm³/mol. The molecule has 0 amide bonds. The maximum absolute atomic E-state index is 4.33. The van der Waals surface area contributed by atoms with E-state index < -0.39 is 0 Å². The minimum absolute atomic E-state index is 0.696. The lowest BCUT2D eigenvalue weighted by Gasteiger charge is -2.36. The van der Waals surface area contributed by atoms with Crippen LogP contribution in [-0.2, 0) is 0 Å². The van der Waals surface area contributed by atoms with Crippen molar-refractivity contribution >= 4 is 0 Å². The summed E-state index contributed by atoms with van der Waals surface area (Å²) in [6, 6.07) is 4.36. The zero-order chi connectivity index (χ0) is 14.4.